The Morgan fingerprint density at radius 3 is 2.64 bits per heavy atom. The van der Waals surface area contributed by atoms with Crippen LogP contribution >= 0.6 is 0 Å². The molecule has 2 N–H and O–H groups in total. The van der Waals surface area contributed by atoms with E-state index >= 15 is 0 Å². The van der Waals surface area contributed by atoms with E-state index in [0.717, 1.165) is 49.1 Å². The predicted molar refractivity (Wildman–Crippen MR) is 136 cm³/mol. The third-order valence-corrected chi connectivity index (χ3v) is 6.21. The van der Waals surface area contributed by atoms with Crippen molar-refractivity contribution in [2.45, 2.75) is 39.3 Å². The third-order valence-electron chi connectivity index (χ3n) is 6.21. The van der Waals surface area contributed by atoms with Crippen molar-refractivity contribution in [2.75, 3.05) is 40.8 Å². The Labute approximate surface area is 199 Å². The van der Waals surface area contributed by atoms with Crippen molar-refractivity contribution >= 4 is 11.9 Å². The summed E-state index contributed by atoms with van der Waals surface area (Å²) in [5, 5.41) is 6.86. The Kier molecular flexibility index (Phi) is 9.31. The van der Waals surface area contributed by atoms with Crippen molar-refractivity contribution in [2.24, 2.45) is 10.9 Å². The summed E-state index contributed by atoms with van der Waals surface area (Å²) in [5.74, 6) is 1.60. The highest BCUT2D eigenvalue weighted by Crippen LogP contribution is 2.19. The monoisotopic (exact) mass is 449 g/mol. The van der Waals surface area contributed by atoms with E-state index in [0.29, 0.717) is 0 Å². The number of nitrogens with zero attached hydrogens (tertiary/aromatic N) is 3. The van der Waals surface area contributed by atoms with Crippen molar-refractivity contribution < 1.29 is 4.79 Å². The Hall–Kier alpha value is -2.86. The minimum Gasteiger partial charge on any atom is -0.356 e. The van der Waals surface area contributed by atoms with E-state index in [1.165, 1.54) is 37.1 Å². The molecule has 33 heavy (non-hydrogen) atoms. The largest absolute Gasteiger partial charge is 0.356 e. The first-order valence-electron chi connectivity index (χ1n) is 12.0. The molecule has 2 aromatic carbocycles. The number of amides is 1. The summed E-state index contributed by atoms with van der Waals surface area (Å²) >= 11 is 0. The molecule has 3 rings (SSSR count). The SMILES string of the molecule is CN=C(NCCc1cccc(C(=O)N(C)C)c1)NCc1ccccc1CN1CCCC(C)C1. The van der Waals surface area contributed by atoms with Crippen LogP contribution in [0.5, 0.6) is 0 Å². The average molecular weight is 450 g/mol. The highest BCUT2D eigenvalue weighted by molar-refractivity contribution is 5.94. The van der Waals surface area contributed by atoms with Gasteiger partial charge in [0.15, 0.2) is 5.96 Å². The maximum absolute atomic E-state index is 12.2. The fourth-order valence-corrected chi connectivity index (χ4v) is 4.40. The topological polar surface area (TPSA) is 60.0 Å². The maximum atomic E-state index is 12.2. The Morgan fingerprint density at radius 1 is 1.12 bits per heavy atom. The first-order valence-corrected chi connectivity index (χ1v) is 12.0. The average Bonchev–Trinajstić information content (AvgIpc) is 2.81. The normalized spacial score (nSPS) is 17.0. The molecule has 0 aromatic heterocycles. The van der Waals surface area contributed by atoms with E-state index < -0.39 is 0 Å². The third kappa shape index (κ3) is 7.60. The molecule has 1 atom stereocenters. The fourth-order valence-electron chi connectivity index (χ4n) is 4.40. The van der Waals surface area contributed by atoms with Crippen LogP contribution in [0.3, 0.4) is 0 Å². The summed E-state index contributed by atoms with van der Waals surface area (Å²) in [6, 6.07) is 16.5. The molecule has 0 aliphatic carbocycles. The lowest BCUT2D eigenvalue weighted by molar-refractivity contribution is 0.0827. The van der Waals surface area contributed by atoms with E-state index in [4.69, 9.17) is 0 Å². The smallest absolute Gasteiger partial charge is 0.253 e. The van der Waals surface area contributed by atoms with Gasteiger partial charge in [0, 0.05) is 52.9 Å². The molecule has 1 saturated heterocycles. The van der Waals surface area contributed by atoms with Gasteiger partial charge in [-0.3, -0.25) is 14.7 Å². The first-order chi connectivity index (χ1) is 16.0. The minimum atomic E-state index is 0.0277. The second-order valence-electron chi connectivity index (χ2n) is 9.25. The number of benzene rings is 2. The lowest BCUT2D eigenvalue weighted by Crippen LogP contribution is -2.38. The molecule has 2 aromatic rings. The molecule has 6 nitrogen and oxygen atoms in total. The highest BCUT2D eigenvalue weighted by atomic mass is 16.2. The summed E-state index contributed by atoms with van der Waals surface area (Å²) in [6.07, 6.45) is 3.46. The summed E-state index contributed by atoms with van der Waals surface area (Å²) in [7, 11) is 5.35. The van der Waals surface area contributed by atoms with Gasteiger partial charge >= 0.3 is 0 Å². The van der Waals surface area contributed by atoms with Crippen molar-refractivity contribution in [3.8, 4) is 0 Å². The zero-order valence-corrected chi connectivity index (χ0v) is 20.6. The van der Waals surface area contributed by atoms with Crippen LogP contribution in [0.25, 0.3) is 0 Å². The maximum Gasteiger partial charge on any atom is 0.253 e. The number of rotatable bonds is 8. The van der Waals surface area contributed by atoms with E-state index in [1.54, 1.807) is 26.0 Å². The number of nitrogens with one attached hydrogen (secondary N) is 2. The molecule has 1 heterocycles. The molecule has 1 aliphatic heterocycles. The number of hydrogen-bond donors (Lipinski definition) is 2. The molecule has 178 valence electrons. The number of guanidine groups is 1. The zero-order valence-electron chi connectivity index (χ0n) is 20.6. The number of aliphatic imine (C=N–C) groups is 1. The summed E-state index contributed by atoms with van der Waals surface area (Å²) < 4.78 is 0. The minimum absolute atomic E-state index is 0.0277. The number of piperidine rings is 1. The predicted octanol–water partition coefficient (Wildman–Crippen LogP) is 3.53. The zero-order chi connectivity index (χ0) is 23.6. The van der Waals surface area contributed by atoms with Crippen LogP contribution in [-0.4, -0.2) is 62.4 Å². The van der Waals surface area contributed by atoms with Gasteiger partial charge in [0.25, 0.3) is 5.91 Å². The number of likely N-dealkylation sites (tertiary alicyclic amines) is 1. The van der Waals surface area contributed by atoms with Gasteiger partial charge in [0.1, 0.15) is 0 Å². The second kappa shape index (κ2) is 12.4. The second-order valence-corrected chi connectivity index (χ2v) is 9.25. The van der Waals surface area contributed by atoms with Gasteiger partial charge < -0.3 is 15.5 Å². The molecule has 1 amide bonds. The van der Waals surface area contributed by atoms with E-state index in [-0.39, 0.29) is 5.91 Å². The molecule has 0 spiro atoms. The molecule has 1 aliphatic rings. The molecule has 0 bridgehead atoms. The molecular weight excluding hydrogens is 410 g/mol. The van der Waals surface area contributed by atoms with Gasteiger partial charge in [-0.2, -0.15) is 0 Å². The van der Waals surface area contributed by atoms with Crippen LogP contribution in [0.2, 0.25) is 0 Å². The highest BCUT2D eigenvalue weighted by Gasteiger charge is 2.17. The Bertz CT molecular complexity index is 940. The quantitative estimate of drug-likeness (QED) is 0.478. The summed E-state index contributed by atoms with van der Waals surface area (Å²) in [4.78, 5) is 20.8. The first kappa shape index (κ1) is 24.8. The van der Waals surface area contributed by atoms with E-state index in [1.807, 2.05) is 18.2 Å². The van der Waals surface area contributed by atoms with Gasteiger partial charge in [0.05, 0.1) is 0 Å². The number of carbonyl (C=O) groups is 1. The lowest BCUT2D eigenvalue weighted by atomic mass is 9.99. The summed E-state index contributed by atoms with van der Waals surface area (Å²) in [5.41, 5.74) is 4.55. The van der Waals surface area contributed by atoms with E-state index in [9.17, 15) is 4.79 Å². The van der Waals surface area contributed by atoms with Gasteiger partial charge in [-0.25, -0.2) is 0 Å². The molecule has 0 saturated carbocycles. The van der Waals surface area contributed by atoms with Crippen LogP contribution in [0.1, 0.15) is 46.8 Å². The van der Waals surface area contributed by atoms with Crippen molar-refractivity contribution in [3.05, 3.63) is 70.8 Å². The Balaban J connectivity index is 1.50. The van der Waals surface area contributed by atoms with Gasteiger partial charge in [-0.1, -0.05) is 43.3 Å². The van der Waals surface area contributed by atoms with Gasteiger partial charge in [-0.05, 0) is 60.5 Å². The van der Waals surface area contributed by atoms with Crippen LogP contribution < -0.4 is 10.6 Å². The van der Waals surface area contributed by atoms with Crippen molar-refractivity contribution in [1.29, 1.82) is 0 Å². The van der Waals surface area contributed by atoms with Gasteiger partial charge in [0.2, 0.25) is 0 Å². The molecular formula is C27H39N5O. The standard InChI is InChI=1S/C27H39N5O/c1-21-9-8-16-32(19-21)20-25-12-6-5-11-24(25)18-30-27(28-2)29-15-14-22-10-7-13-23(17-22)26(33)31(3)4/h5-7,10-13,17,21H,8-9,14-16,18-20H2,1-4H3,(H2,28,29,30). The molecule has 1 unspecified atom stereocenters. The molecule has 6 heteroatoms. The molecule has 1 fully saturated rings. The summed E-state index contributed by atoms with van der Waals surface area (Å²) in [6.45, 7) is 7.23. The van der Waals surface area contributed by atoms with Crippen molar-refractivity contribution in [1.82, 2.24) is 20.4 Å². The number of hydrogen-bond acceptors (Lipinski definition) is 3. The molecule has 0 radical (unpaired) electrons. The van der Waals surface area contributed by atoms with Crippen LogP contribution in [0.15, 0.2) is 53.5 Å². The van der Waals surface area contributed by atoms with E-state index in [2.05, 4.69) is 57.8 Å². The Morgan fingerprint density at radius 2 is 1.91 bits per heavy atom. The van der Waals surface area contributed by atoms with Crippen LogP contribution in [0, 0.1) is 5.92 Å². The van der Waals surface area contributed by atoms with Gasteiger partial charge in [-0.15, -0.1) is 0 Å². The van der Waals surface area contributed by atoms with Crippen LogP contribution in [-0.2, 0) is 19.5 Å². The number of carbonyl (C=O) groups excluding carboxylic acids is 1. The lowest BCUT2D eigenvalue weighted by Gasteiger charge is -2.31. The fraction of sp³-hybridized carbons (Fsp3) is 0.481. The van der Waals surface area contributed by atoms with Crippen molar-refractivity contribution in [3.63, 3.8) is 0 Å². The van der Waals surface area contributed by atoms with Crippen LogP contribution in [0.4, 0.5) is 0 Å².